The van der Waals surface area contributed by atoms with Crippen molar-refractivity contribution in [1.82, 2.24) is 16.0 Å². The Bertz CT molecular complexity index is 1020. The van der Waals surface area contributed by atoms with E-state index in [0.29, 0.717) is 17.2 Å². The highest BCUT2D eigenvalue weighted by Crippen LogP contribution is 2.27. The van der Waals surface area contributed by atoms with Gasteiger partial charge in [-0.05, 0) is 42.5 Å². The third-order valence-electron chi connectivity index (χ3n) is 4.70. The van der Waals surface area contributed by atoms with Crippen LogP contribution in [0.15, 0.2) is 42.5 Å². The summed E-state index contributed by atoms with van der Waals surface area (Å²) in [6, 6.07) is 8.94. The summed E-state index contributed by atoms with van der Waals surface area (Å²) >= 11 is 1.11. The first kappa shape index (κ1) is 24.3. The van der Waals surface area contributed by atoms with E-state index in [9.17, 15) is 18.8 Å². The van der Waals surface area contributed by atoms with Crippen molar-refractivity contribution >= 4 is 35.2 Å². The maximum atomic E-state index is 12.9. The average molecular weight is 478 g/mol. The topological polar surface area (TPSA) is 144 Å². The number of amides is 3. The van der Waals surface area contributed by atoms with E-state index in [1.54, 1.807) is 6.07 Å². The lowest BCUT2D eigenvalue weighted by atomic mass is 10.1. The second kappa shape index (κ2) is 11.0. The van der Waals surface area contributed by atoms with Crippen LogP contribution >= 0.6 is 11.8 Å². The first-order valence-electron chi connectivity index (χ1n) is 9.82. The van der Waals surface area contributed by atoms with Crippen LogP contribution in [-0.4, -0.2) is 55.4 Å². The van der Waals surface area contributed by atoms with Gasteiger partial charge in [0.25, 0.3) is 5.91 Å². The molecule has 0 radical (unpaired) electrons. The van der Waals surface area contributed by atoms with Gasteiger partial charge in [-0.3, -0.25) is 19.7 Å². The van der Waals surface area contributed by atoms with Crippen LogP contribution in [0.25, 0.3) is 0 Å². The summed E-state index contributed by atoms with van der Waals surface area (Å²) in [4.78, 5) is 37.2. The quantitative estimate of drug-likeness (QED) is 0.372. The van der Waals surface area contributed by atoms with Crippen molar-refractivity contribution in [3.8, 4) is 11.5 Å². The molecule has 0 spiro atoms. The summed E-state index contributed by atoms with van der Waals surface area (Å²) in [6.07, 6.45) is -0.888. The first-order chi connectivity index (χ1) is 15.8. The van der Waals surface area contributed by atoms with Crippen molar-refractivity contribution in [2.45, 2.75) is 17.7 Å². The highest BCUT2D eigenvalue weighted by molar-refractivity contribution is 8.00. The zero-order valence-corrected chi connectivity index (χ0v) is 18.7. The maximum absolute atomic E-state index is 12.9. The molecule has 33 heavy (non-hydrogen) atoms. The third-order valence-corrected chi connectivity index (χ3v) is 5.72. The molecule has 0 bridgehead atoms. The summed E-state index contributed by atoms with van der Waals surface area (Å²) in [7, 11) is 2.93. The smallest absolute Gasteiger partial charge is 0.252 e. The number of hydrogen-bond acceptors (Lipinski definition) is 8. The molecule has 176 valence electrons. The lowest BCUT2D eigenvalue weighted by Gasteiger charge is -2.35. The molecule has 1 saturated heterocycles. The second-order valence-corrected chi connectivity index (χ2v) is 8.06. The van der Waals surface area contributed by atoms with Crippen LogP contribution in [0.3, 0.4) is 0 Å². The molecule has 1 aliphatic rings. The van der Waals surface area contributed by atoms with Gasteiger partial charge < -0.3 is 31.2 Å². The number of carbonyl (C=O) groups excluding carboxylic acids is 3. The van der Waals surface area contributed by atoms with E-state index < -0.39 is 35.3 Å². The van der Waals surface area contributed by atoms with Crippen LogP contribution in [-0.2, 0) is 9.59 Å². The predicted octanol–water partition coefficient (Wildman–Crippen LogP) is 0.601. The molecule has 3 amide bonds. The number of carbonyl (C=O) groups is 3. The summed E-state index contributed by atoms with van der Waals surface area (Å²) < 4.78 is 23.3. The Morgan fingerprint density at radius 1 is 1.12 bits per heavy atom. The number of rotatable bonds is 8. The maximum Gasteiger partial charge on any atom is 0.252 e. The lowest BCUT2D eigenvalue weighted by Crippen LogP contribution is -2.70. The molecule has 0 saturated carbocycles. The third kappa shape index (κ3) is 6.34. The Morgan fingerprint density at radius 3 is 2.45 bits per heavy atom. The van der Waals surface area contributed by atoms with Crippen LogP contribution in [0.4, 0.5) is 10.1 Å². The van der Waals surface area contributed by atoms with Crippen molar-refractivity contribution in [2.24, 2.45) is 5.73 Å². The van der Waals surface area contributed by atoms with E-state index in [1.807, 2.05) is 0 Å². The molecular formula is C21H24FN5O5S. The van der Waals surface area contributed by atoms with Gasteiger partial charge >= 0.3 is 0 Å². The lowest BCUT2D eigenvalue weighted by molar-refractivity contribution is -0.125. The van der Waals surface area contributed by atoms with Gasteiger partial charge in [0.15, 0.2) is 11.5 Å². The molecule has 12 heteroatoms. The Hall–Kier alpha value is -3.35. The van der Waals surface area contributed by atoms with Crippen LogP contribution in [0.2, 0.25) is 0 Å². The largest absolute Gasteiger partial charge is 0.493 e. The number of thioether (sulfide) groups is 1. The molecule has 0 aliphatic carbocycles. The van der Waals surface area contributed by atoms with Crippen molar-refractivity contribution in [3.63, 3.8) is 0 Å². The van der Waals surface area contributed by atoms with Crippen LogP contribution in [0, 0.1) is 5.82 Å². The van der Waals surface area contributed by atoms with Gasteiger partial charge in [-0.2, -0.15) is 0 Å². The minimum atomic E-state index is -1.03. The Morgan fingerprint density at radius 2 is 1.82 bits per heavy atom. The van der Waals surface area contributed by atoms with Gasteiger partial charge in [0.1, 0.15) is 17.4 Å². The molecule has 1 heterocycles. The molecule has 1 fully saturated rings. The van der Waals surface area contributed by atoms with E-state index in [4.69, 9.17) is 15.2 Å². The van der Waals surface area contributed by atoms with Crippen molar-refractivity contribution in [2.75, 3.05) is 25.3 Å². The van der Waals surface area contributed by atoms with Gasteiger partial charge in [-0.15, -0.1) is 11.8 Å². The Kier molecular flexibility index (Phi) is 8.09. The highest BCUT2D eigenvalue weighted by Gasteiger charge is 2.35. The SMILES string of the molecule is COc1ccc(C(=O)NC2C(=O)NC(SCC(=O)Nc3ccc(F)cc3)NC2N)cc1OC. The van der Waals surface area contributed by atoms with E-state index in [0.717, 1.165) is 11.8 Å². The summed E-state index contributed by atoms with van der Waals surface area (Å²) in [6.45, 7) is 0. The zero-order valence-electron chi connectivity index (χ0n) is 17.9. The number of halogens is 1. The van der Waals surface area contributed by atoms with Crippen molar-refractivity contribution < 1.29 is 28.2 Å². The molecule has 2 aromatic rings. The van der Waals surface area contributed by atoms with E-state index >= 15 is 0 Å². The van der Waals surface area contributed by atoms with Crippen LogP contribution in [0.5, 0.6) is 11.5 Å². The predicted molar refractivity (Wildman–Crippen MR) is 121 cm³/mol. The Balaban J connectivity index is 1.52. The minimum Gasteiger partial charge on any atom is -0.493 e. The van der Waals surface area contributed by atoms with Crippen molar-refractivity contribution in [3.05, 3.63) is 53.8 Å². The summed E-state index contributed by atoms with van der Waals surface area (Å²) in [5, 5.41) is 10.8. The molecule has 0 aromatic heterocycles. The van der Waals surface area contributed by atoms with Gasteiger partial charge in [0, 0.05) is 11.3 Å². The van der Waals surface area contributed by atoms with E-state index in [1.165, 1.54) is 50.6 Å². The Labute approximate surface area is 193 Å². The standard InChI is InChI=1S/C21H24FN5O5S/c1-31-14-8-3-11(9-15(14)32-2)19(29)25-17-18(23)26-21(27-20(17)30)33-10-16(28)24-13-6-4-12(22)5-7-13/h3-9,17-18,21,26H,10,23H2,1-2H3,(H,24,28)(H,25,29)(H,27,30). The molecule has 2 aromatic carbocycles. The molecular weight excluding hydrogens is 453 g/mol. The second-order valence-electron chi connectivity index (χ2n) is 6.97. The van der Waals surface area contributed by atoms with Crippen molar-refractivity contribution in [1.29, 1.82) is 0 Å². The fourth-order valence-electron chi connectivity index (χ4n) is 3.03. The molecule has 1 aliphatic heterocycles. The number of methoxy groups -OCH3 is 2. The van der Waals surface area contributed by atoms with E-state index in [-0.39, 0.29) is 17.2 Å². The fourth-order valence-corrected chi connectivity index (χ4v) is 3.87. The molecule has 3 unspecified atom stereocenters. The van der Waals surface area contributed by atoms with Gasteiger partial charge in [-0.1, -0.05) is 0 Å². The van der Waals surface area contributed by atoms with Crippen LogP contribution < -0.4 is 36.5 Å². The molecule has 3 rings (SSSR count). The summed E-state index contributed by atoms with van der Waals surface area (Å²) in [5.41, 5.74) is 6.13. The van der Waals surface area contributed by atoms with Gasteiger partial charge in [0.2, 0.25) is 11.8 Å². The molecule has 10 nitrogen and oxygen atoms in total. The number of benzene rings is 2. The van der Waals surface area contributed by atoms with Crippen LogP contribution in [0.1, 0.15) is 10.4 Å². The minimum absolute atomic E-state index is 0.00467. The highest BCUT2D eigenvalue weighted by atomic mass is 32.2. The number of anilines is 1. The zero-order chi connectivity index (χ0) is 24.0. The first-order valence-corrected chi connectivity index (χ1v) is 10.9. The average Bonchev–Trinajstić information content (AvgIpc) is 2.81. The number of hydrogen-bond donors (Lipinski definition) is 5. The van der Waals surface area contributed by atoms with Gasteiger partial charge in [-0.25, -0.2) is 4.39 Å². The monoisotopic (exact) mass is 477 g/mol. The normalized spacial score (nSPS) is 19.9. The molecule has 6 N–H and O–H groups in total. The number of nitrogens with two attached hydrogens (primary N) is 1. The summed E-state index contributed by atoms with van der Waals surface area (Å²) in [5.74, 6) is -0.907. The number of ether oxygens (including phenoxy) is 2. The molecule has 3 atom stereocenters. The van der Waals surface area contributed by atoms with E-state index in [2.05, 4.69) is 21.3 Å². The van der Waals surface area contributed by atoms with Gasteiger partial charge in [0.05, 0.1) is 26.1 Å². The fraction of sp³-hybridized carbons (Fsp3) is 0.286. The number of nitrogens with one attached hydrogen (secondary N) is 4.